The number of anilines is 2. The minimum Gasteiger partial charge on any atom is -0.482 e. The van der Waals surface area contributed by atoms with Gasteiger partial charge in [0.1, 0.15) is 5.75 Å². The summed E-state index contributed by atoms with van der Waals surface area (Å²) < 4.78 is 15.0. The number of nitrogens with two attached hydrogens (primary N) is 1. The molecule has 1 atom stereocenters. The summed E-state index contributed by atoms with van der Waals surface area (Å²) >= 11 is 0. The van der Waals surface area contributed by atoms with Crippen LogP contribution in [0.4, 0.5) is 16.2 Å². The lowest BCUT2D eigenvalue weighted by atomic mass is 10.1. The van der Waals surface area contributed by atoms with Gasteiger partial charge in [0, 0.05) is 31.7 Å². The molecule has 25 heavy (non-hydrogen) atoms. The molecule has 2 rings (SSSR count). The van der Waals surface area contributed by atoms with Crippen molar-refractivity contribution in [3.05, 3.63) is 18.2 Å². The Balaban J connectivity index is 2.01. The molecule has 1 aromatic rings. The van der Waals surface area contributed by atoms with E-state index in [1.54, 1.807) is 24.0 Å². The minimum atomic E-state index is -0.419. The zero-order valence-corrected chi connectivity index (χ0v) is 14.9. The van der Waals surface area contributed by atoms with Crippen LogP contribution in [0.5, 0.6) is 5.75 Å². The number of benzene rings is 1. The molecule has 1 aromatic carbocycles. The van der Waals surface area contributed by atoms with Crippen molar-refractivity contribution in [3.8, 4) is 5.75 Å². The van der Waals surface area contributed by atoms with Crippen LogP contribution in [0, 0.1) is 0 Å². The van der Waals surface area contributed by atoms with Gasteiger partial charge in [-0.3, -0.25) is 0 Å². The first-order valence-electron chi connectivity index (χ1n) is 8.23. The lowest BCUT2D eigenvalue weighted by Gasteiger charge is -2.41. The van der Waals surface area contributed by atoms with Crippen molar-refractivity contribution in [1.29, 1.82) is 0 Å². The lowest BCUT2D eigenvalue weighted by molar-refractivity contribution is -0.145. The Labute approximate surface area is 147 Å². The molecule has 0 bridgehead atoms. The minimum absolute atomic E-state index is 0.0986. The fourth-order valence-corrected chi connectivity index (χ4v) is 2.84. The highest BCUT2D eigenvalue weighted by Crippen LogP contribution is 2.30. The number of piperazine rings is 1. The van der Waals surface area contributed by atoms with Gasteiger partial charge in [-0.1, -0.05) is 0 Å². The van der Waals surface area contributed by atoms with E-state index in [1.165, 1.54) is 7.11 Å². The topological polar surface area (TPSA) is 94.3 Å². The predicted octanol–water partition coefficient (Wildman–Crippen LogP) is 1.49. The first-order valence-corrected chi connectivity index (χ1v) is 8.23. The van der Waals surface area contributed by atoms with E-state index in [9.17, 15) is 9.59 Å². The molecule has 0 saturated carbocycles. The van der Waals surface area contributed by atoms with Crippen LogP contribution in [-0.4, -0.2) is 63.0 Å². The van der Waals surface area contributed by atoms with E-state index < -0.39 is 5.97 Å². The molecular weight excluding hydrogens is 326 g/mol. The molecule has 2 N–H and O–H groups in total. The number of carbonyl (C=O) groups excluding carboxylic acids is 2. The second-order valence-corrected chi connectivity index (χ2v) is 5.77. The van der Waals surface area contributed by atoms with Gasteiger partial charge in [0.15, 0.2) is 6.61 Å². The van der Waals surface area contributed by atoms with Crippen LogP contribution in [0.25, 0.3) is 0 Å². The van der Waals surface area contributed by atoms with Crippen LogP contribution in [0.3, 0.4) is 0 Å². The predicted molar refractivity (Wildman–Crippen MR) is 93.8 cm³/mol. The molecule has 1 saturated heterocycles. The number of methoxy groups -OCH3 is 1. The van der Waals surface area contributed by atoms with Crippen LogP contribution in [0.15, 0.2) is 18.2 Å². The molecular formula is C17H25N3O5. The molecule has 1 aliphatic heterocycles. The smallest absolute Gasteiger partial charge is 0.409 e. The number of nitrogen functional groups attached to an aromatic ring is 1. The van der Waals surface area contributed by atoms with E-state index in [2.05, 4.69) is 4.90 Å². The summed E-state index contributed by atoms with van der Waals surface area (Å²) in [6.07, 6.45) is -0.317. The van der Waals surface area contributed by atoms with Crippen LogP contribution < -0.4 is 15.4 Å². The Bertz CT molecular complexity index is 622. The fourth-order valence-electron chi connectivity index (χ4n) is 2.84. The molecule has 0 radical (unpaired) electrons. The third-order valence-corrected chi connectivity index (χ3v) is 4.03. The highest BCUT2D eigenvalue weighted by molar-refractivity contribution is 5.73. The number of rotatable bonds is 5. The van der Waals surface area contributed by atoms with Crippen molar-refractivity contribution < 1.29 is 23.8 Å². The van der Waals surface area contributed by atoms with E-state index in [0.717, 1.165) is 5.69 Å². The highest BCUT2D eigenvalue weighted by atomic mass is 16.6. The van der Waals surface area contributed by atoms with Gasteiger partial charge in [-0.05, 0) is 26.0 Å². The second-order valence-electron chi connectivity index (χ2n) is 5.77. The molecule has 1 heterocycles. The molecule has 0 spiro atoms. The van der Waals surface area contributed by atoms with Crippen molar-refractivity contribution in [2.45, 2.75) is 19.9 Å². The van der Waals surface area contributed by atoms with Gasteiger partial charge in [-0.25, -0.2) is 9.59 Å². The van der Waals surface area contributed by atoms with Gasteiger partial charge in [-0.15, -0.1) is 0 Å². The van der Waals surface area contributed by atoms with E-state index in [1.807, 2.05) is 13.0 Å². The molecule has 8 nitrogen and oxygen atoms in total. The summed E-state index contributed by atoms with van der Waals surface area (Å²) in [6.45, 7) is 5.72. The molecule has 8 heteroatoms. The van der Waals surface area contributed by atoms with E-state index in [0.29, 0.717) is 37.7 Å². The number of carbonyl (C=O) groups is 2. The molecule has 1 unspecified atom stereocenters. The van der Waals surface area contributed by atoms with Gasteiger partial charge in [0.2, 0.25) is 0 Å². The number of hydrogen-bond acceptors (Lipinski definition) is 7. The first kappa shape index (κ1) is 18.7. The van der Waals surface area contributed by atoms with E-state index >= 15 is 0 Å². The maximum Gasteiger partial charge on any atom is 0.409 e. The highest BCUT2D eigenvalue weighted by Gasteiger charge is 2.28. The number of ether oxygens (including phenoxy) is 3. The summed E-state index contributed by atoms with van der Waals surface area (Å²) in [6, 6.07) is 5.42. The molecule has 138 valence electrons. The van der Waals surface area contributed by atoms with Crippen molar-refractivity contribution in [3.63, 3.8) is 0 Å². The van der Waals surface area contributed by atoms with Gasteiger partial charge in [0.05, 0.1) is 25.1 Å². The summed E-state index contributed by atoms with van der Waals surface area (Å²) in [7, 11) is 1.38. The summed E-state index contributed by atoms with van der Waals surface area (Å²) in [5.74, 6) is 0.0906. The number of amides is 1. The maximum atomic E-state index is 11.6. The molecule has 1 fully saturated rings. The SMILES string of the molecule is CCOC(=O)COc1ccc(N2CCN(C(=O)OC)CC2C)c(N)c1. The Kier molecular flexibility index (Phi) is 6.32. The van der Waals surface area contributed by atoms with Crippen LogP contribution in [0.2, 0.25) is 0 Å². The molecule has 1 aliphatic rings. The molecule has 0 aromatic heterocycles. The Morgan fingerprint density at radius 3 is 2.68 bits per heavy atom. The second kappa shape index (κ2) is 8.46. The average molecular weight is 351 g/mol. The number of esters is 1. The van der Waals surface area contributed by atoms with Gasteiger partial charge < -0.3 is 29.7 Å². The average Bonchev–Trinajstić information content (AvgIpc) is 2.60. The van der Waals surface area contributed by atoms with Crippen molar-refractivity contribution in [2.24, 2.45) is 0 Å². The standard InChI is InChI=1S/C17H25N3O5/c1-4-24-16(21)11-25-13-5-6-15(14(18)9-13)20-8-7-19(10-12(20)2)17(22)23-3/h5-6,9,12H,4,7-8,10-11,18H2,1-3H3. The third kappa shape index (κ3) is 4.68. The van der Waals surface area contributed by atoms with Crippen LogP contribution in [0.1, 0.15) is 13.8 Å². The van der Waals surface area contributed by atoms with Crippen molar-refractivity contribution in [2.75, 3.05) is 50.6 Å². The number of hydrogen-bond donors (Lipinski definition) is 1. The molecule has 0 aliphatic carbocycles. The van der Waals surface area contributed by atoms with Crippen LogP contribution in [-0.2, 0) is 14.3 Å². The van der Waals surface area contributed by atoms with Gasteiger partial charge >= 0.3 is 12.1 Å². The Morgan fingerprint density at radius 2 is 2.08 bits per heavy atom. The van der Waals surface area contributed by atoms with Crippen LogP contribution >= 0.6 is 0 Å². The van der Waals surface area contributed by atoms with E-state index in [-0.39, 0.29) is 18.7 Å². The Morgan fingerprint density at radius 1 is 1.32 bits per heavy atom. The summed E-state index contributed by atoms with van der Waals surface area (Å²) in [4.78, 5) is 26.8. The Hall–Kier alpha value is -2.64. The van der Waals surface area contributed by atoms with Crippen molar-refractivity contribution in [1.82, 2.24) is 4.90 Å². The quantitative estimate of drug-likeness (QED) is 0.634. The number of nitrogens with zero attached hydrogens (tertiary/aromatic N) is 2. The third-order valence-electron chi connectivity index (χ3n) is 4.03. The zero-order chi connectivity index (χ0) is 18.4. The van der Waals surface area contributed by atoms with Gasteiger partial charge in [-0.2, -0.15) is 0 Å². The first-order chi connectivity index (χ1) is 12.0. The summed E-state index contributed by atoms with van der Waals surface area (Å²) in [5, 5.41) is 0. The largest absolute Gasteiger partial charge is 0.482 e. The van der Waals surface area contributed by atoms with Gasteiger partial charge in [0.25, 0.3) is 0 Å². The van der Waals surface area contributed by atoms with E-state index in [4.69, 9.17) is 19.9 Å². The lowest BCUT2D eigenvalue weighted by Crippen LogP contribution is -2.53. The van der Waals surface area contributed by atoms with Crippen molar-refractivity contribution >= 4 is 23.4 Å². The monoisotopic (exact) mass is 351 g/mol. The summed E-state index contributed by atoms with van der Waals surface area (Å²) in [5.41, 5.74) is 7.59. The zero-order valence-electron chi connectivity index (χ0n) is 14.9. The maximum absolute atomic E-state index is 11.6. The fraction of sp³-hybridized carbons (Fsp3) is 0.529. The normalized spacial score (nSPS) is 17.2. The molecule has 1 amide bonds.